The van der Waals surface area contributed by atoms with Gasteiger partial charge in [0.05, 0.1) is 24.3 Å². The molecular formula is C16H15Cl2NO2. The van der Waals surface area contributed by atoms with Crippen LogP contribution in [0, 0.1) is 0 Å². The zero-order valence-electron chi connectivity index (χ0n) is 11.3. The second-order valence-corrected chi connectivity index (χ2v) is 5.84. The number of rotatable bonds is 3. The van der Waals surface area contributed by atoms with Gasteiger partial charge >= 0.3 is 0 Å². The maximum atomic E-state index is 9.22. The summed E-state index contributed by atoms with van der Waals surface area (Å²) in [6.07, 6.45) is 0.826. The minimum atomic E-state index is 0.0253. The smallest absolute Gasteiger partial charge is 0.143 e. The van der Waals surface area contributed by atoms with Crippen molar-refractivity contribution in [2.24, 2.45) is 0 Å². The van der Waals surface area contributed by atoms with E-state index in [9.17, 15) is 5.11 Å². The Hall–Kier alpha value is -1.42. The van der Waals surface area contributed by atoms with E-state index in [0.29, 0.717) is 22.4 Å². The van der Waals surface area contributed by atoms with Gasteiger partial charge in [-0.25, -0.2) is 0 Å². The van der Waals surface area contributed by atoms with Crippen LogP contribution in [-0.4, -0.2) is 11.7 Å². The molecule has 0 saturated carbocycles. The summed E-state index contributed by atoms with van der Waals surface area (Å²) < 4.78 is 5.65. The fraction of sp³-hybridized carbons (Fsp3) is 0.250. The molecule has 0 amide bonds. The third-order valence-corrected chi connectivity index (χ3v) is 4.01. The van der Waals surface area contributed by atoms with Gasteiger partial charge in [-0.05, 0) is 29.8 Å². The summed E-state index contributed by atoms with van der Waals surface area (Å²) in [6.45, 7) is 0.628. The van der Waals surface area contributed by atoms with E-state index in [1.807, 2.05) is 30.3 Å². The lowest BCUT2D eigenvalue weighted by atomic mass is 10.00. The largest absolute Gasteiger partial charge is 0.492 e. The Balaban J connectivity index is 1.91. The second-order valence-electron chi connectivity index (χ2n) is 5.00. The van der Waals surface area contributed by atoms with Crippen LogP contribution in [0.5, 0.6) is 5.75 Å². The van der Waals surface area contributed by atoms with Gasteiger partial charge in [-0.3, -0.25) is 0 Å². The molecule has 0 aliphatic carbocycles. The number of aliphatic hydroxyl groups excluding tert-OH is 1. The maximum absolute atomic E-state index is 9.22. The molecule has 0 fully saturated rings. The Labute approximate surface area is 133 Å². The highest BCUT2D eigenvalue weighted by Crippen LogP contribution is 2.41. The van der Waals surface area contributed by atoms with Crippen molar-refractivity contribution in [1.82, 2.24) is 0 Å². The minimum absolute atomic E-state index is 0.0253. The van der Waals surface area contributed by atoms with Crippen molar-refractivity contribution in [3.63, 3.8) is 0 Å². The third-order valence-electron chi connectivity index (χ3n) is 3.52. The summed E-state index contributed by atoms with van der Waals surface area (Å²) in [5, 5.41) is 13.8. The molecule has 1 unspecified atom stereocenters. The quantitative estimate of drug-likeness (QED) is 0.878. The predicted octanol–water partition coefficient (Wildman–Crippen LogP) is 4.42. The van der Waals surface area contributed by atoms with Crippen molar-refractivity contribution in [2.75, 3.05) is 11.9 Å². The van der Waals surface area contributed by atoms with E-state index in [1.54, 1.807) is 6.07 Å². The van der Waals surface area contributed by atoms with Crippen molar-refractivity contribution >= 4 is 28.9 Å². The molecule has 21 heavy (non-hydrogen) atoms. The number of fused-ring (bicyclic) bond motifs is 1. The van der Waals surface area contributed by atoms with Gasteiger partial charge in [0.25, 0.3) is 0 Å². The van der Waals surface area contributed by atoms with Gasteiger partial charge in [-0.1, -0.05) is 35.3 Å². The first-order chi connectivity index (χ1) is 10.2. The first-order valence-corrected chi connectivity index (χ1v) is 7.51. The lowest BCUT2D eigenvalue weighted by molar-refractivity contribution is 0.274. The molecule has 0 spiro atoms. The molecule has 0 aromatic heterocycles. The summed E-state index contributed by atoms with van der Waals surface area (Å²) in [4.78, 5) is 0. The number of benzene rings is 2. The topological polar surface area (TPSA) is 41.5 Å². The van der Waals surface area contributed by atoms with Crippen LogP contribution in [0.1, 0.15) is 23.6 Å². The summed E-state index contributed by atoms with van der Waals surface area (Å²) >= 11 is 12.3. The highest BCUT2D eigenvalue weighted by Gasteiger charge is 2.24. The molecule has 2 aromatic rings. The predicted molar refractivity (Wildman–Crippen MR) is 85.3 cm³/mol. The van der Waals surface area contributed by atoms with Crippen molar-refractivity contribution in [3.8, 4) is 5.75 Å². The molecule has 2 N–H and O–H groups in total. The maximum Gasteiger partial charge on any atom is 0.143 e. The minimum Gasteiger partial charge on any atom is -0.492 e. The molecule has 3 nitrogen and oxygen atoms in total. The molecule has 2 aromatic carbocycles. The second kappa shape index (κ2) is 6.14. The highest BCUT2D eigenvalue weighted by molar-refractivity contribution is 6.35. The van der Waals surface area contributed by atoms with E-state index in [1.165, 1.54) is 0 Å². The van der Waals surface area contributed by atoms with Gasteiger partial charge in [-0.2, -0.15) is 0 Å². The first kappa shape index (κ1) is 14.5. The lowest BCUT2D eigenvalue weighted by Crippen LogP contribution is -2.20. The fourth-order valence-corrected chi connectivity index (χ4v) is 3.10. The number of hydrogen-bond donors (Lipinski definition) is 2. The summed E-state index contributed by atoms with van der Waals surface area (Å²) in [5.74, 6) is 0.697. The van der Waals surface area contributed by atoms with E-state index in [0.717, 1.165) is 23.2 Å². The Kier molecular flexibility index (Phi) is 4.24. The molecule has 0 saturated heterocycles. The zero-order valence-corrected chi connectivity index (χ0v) is 12.8. The number of ether oxygens (including phenoxy) is 1. The number of hydrogen-bond acceptors (Lipinski definition) is 3. The van der Waals surface area contributed by atoms with Crippen LogP contribution >= 0.6 is 23.2 Å². The summed E-state index contributed by atoms with van der Waals surface area (Å²) in [6, 6.07) is 11.4. The van der Waals surface area contributed by atoms with Crippen LogP contribution in [-0.2, 0) is 6.61 Å². The normalized spacial score (nSPS) is 17.0. The van der Waals surface area contributed by atoms with Gasteiger partial charge < -0.3 is 15.2 Å². The van der Waals surface area contributed by atoms with Gasteiger partial charge in [0.2, 0.25) is 0 Å². The molecule has 0 bridgehead atoms. The number of aliphatic hydroxyl groups is 1. The highest BCUT2D eigenvalue weighted by atomic mass is 35.5. The molecule has 1 atom stereocenters. The van der Waals surface area contributed by atoms with Crippen molar-refractivity contribution in [2.45, 2.75) is 19.1 Å². The van der Waals surface area contributed by atoms with Gasteiger partial charge in [-0.15, -0.1) is 0 Å². The van der Waals surface area contributed by atoms with Gasteiger partial charge in [0.15, 0.2) is 0 Å². The molecule has 1 aliphatic heterocycles. The number of halogens is 2. The average molecular weight is 324 g/mol. The van der Waals surface area contributed by atoms with E-state index >= 15 is 0 Å². The SMILES string of the molecule is OCc1cccc(NC2CCOc3c(Cl)cc(Cl)cc32)c1. The number of nitrogens with one attached hydrogen (secondary N) is 1. The van der Waals surface area contributed by atoms with Crippen LogP contribution in [0.15, 0.2) is 36.4 Å². The van der Waals surface area contributed by atoms with Gasteiger partial charge in [0, 0.05) is 22.7 Å². The third kappa shape index (κ3) is 3.10. The van der Waals surface area contributed by atoms with Crippen molar-refractivity contribution in [1.29, 1.82) is 0 Å². The first-order valence-electron chi connectivity index (χ1n) is 6.75. The summed E-state index contributed by atoms with van der Waals surface area (Å²) in [7, 11) is 0. The standard InChI is InChI=1S/C16H15Cl2NO2/c17-11-7-13-15(4-5-21-16(13)14(18)8-11)19-12-3-1-2-10(6-12)9-20/h1-3,6-8,15,19-20H,4-5,9H2. The molecule has 110 valence electrons. The Morgan fingerprint density at radius 3 is 2.90 bits per heavy atom. The molecule has 1 aliphatic rings. The Morgan fingerprint density at radius 1 is 1.24 bits per heavy atom. The average Bonchev–Trinajstić information content (AvgIpc) is 2.48. The van der Waals surface area contributed by atoms with Crippen LogP contribution in [0.4, 0.5) is 5.69 Å². The molecule has 5 heteroatoms. The fourth-order valence-electron chi connectivity index (χ4n) is 2.54. The molecular weight excluding hydrogens is 309 g/mol. The van der Waals surface area contributed by atoms with E-state index < -0.39 is 0 Å². The Morgan fingerprint density at radius 2 is 2.10 bits per heavy atom. The molecule has 1 heterocycles. The number of anilines is 1. The monoisotopic (exact) mass is 323 g/mol. The van der Waals surface area contributed by atoms with Crippen molar-refractivity contribution < 1.29 is 9.84 Å². The van der Waals surface area contributed by atoms with Crippen LogP contribution in [0.3, 0.4) is 0 Å². The van der Waals surface area contributed by atoms with E-state index in [-0.39, 0.29) is 12.6 Å². The van der Waals surface area contributed by atoms with Crippen LogP contribution in [0.25, 0.3) is 0 Å². The molecule has 3 rings (SSSR count). The zero-order chi connectivity index (χ0) is 14.8. The molecule has 0 radical (unpaired) electrons. The lowest BCUT2D eigenvalue weighted by Gasteiger charge is -2.28. The summed E-state index contributed by atoms with van der Waals surface area (Å²) in [5.41, 5.74) is 2.79. The van der Waals surface area contributed by atoms with E-state index in [4.69, 9.17) is 27.9 Å². The van der Waals surface area contributed by atoms with Crippen LogP contribution in [0.2, 0.25) is 10.0 Å². The van der Waals surface area contributed by atoms with Crippen molar-refractivity contribution in [3.05, 3.63) is 57.6 Å². The van der Waals surface area contributed by atoms with Crippen LogP contribution < -0.4 is 10.1 Å². The van der Waals surface area contributed by atoms with Gasteiger partial charge in [0.1, 0.15) is 5.75 Å². The van der Waals surface area contributed by atoms with E-state index in [2.05, 4.69) is 5.32 Å². The Bertz CT molecular complexity index is 661.